The van der Waals surface area contributed by atoms with Gasteiger partial charge in [0.2, 0.25) is 0 Å². The monoisotopic (exact) mass is 326 g/mol. The van der Waals surface area contributed by atoms with Gasteiger partial charge >= 0.3 is 0 Å². The molecule has 0 amide bonds. The minimum absolute atomic E-state index is 0. The molecule has 8 heavy (non-hydrogen) atoms. The van der Waals surface area contributed by atoms with Gasteiger partial charge in [0, 0.05) is 10.2 Å². The first-order chi connectivity index (χ1) is 3.31. The third-order valence-electron chi connectivity index (χ3n) is 0.736. The second-order valence-corrected chi connectivity index (χ2v) is 4.03. The van der Waals surface area contributed by atoms with E-state index in [9.17, 15) is 0 Å². The van der Waals surface area contributed by atoms with Crippen molar-refractivity contribution in [2.45, 2.75) is 11.2 Å². The second kappa shape index (κ2) is 8.87. The number of alkyl halides is 2. The second-order valence-electron chi connectivity index (χ2n) is 1.36. The van der Waals surface area contributed by atoms with E-state index in [0.717, 1.165) is 10.2 Å². The van der Waals surface area contributed by atoms with Gasteiger partial charge in [0.05, 0.1) is 6.16 Å². The summed E-state index contributed by atoms with van der Waals surface area (Å²) in [6, 6.07) is 0. The van der Waals surface area contributed by atoms with E-state index in [4.69, 9.17) is 0 Å². The van der Waals surface area contributed by atoms with Gasteiger partial charge in [-0.1, -0.05) is 31.9 Å². The summed E-state index contributed by atoms with van der Waals surface area (Å²) in [6.45, 7) is 0. The van der Waals surface area contributed by atoms with E-state index in [2.05, 4.69) is 31.9 Å². The van der Waals surface area contributed by atoms with Crippen molar-refractivity contribution in [2.75, 3.05) is 11.5 Å². The maximum atomic E-state index is 3.51. The zero-order chi connectivity index (χ0) is 5.70. The number of halogens is 3. The van der Waals surface area contributed by atoms with Crippen molar-refractivity contribution < 1.29 is 17.0 Å². The van der Waals surface area contributed by atoms with Crippen LogP contribution in [0.4, 0.5) is 0 Å². The van der Waals surface area contributed by atoms with Crippen LogP contribution in [0.5, 0.6) is 0 Å². The van der Waals surface area contributed by atoms with E-state index in [-0.39, 0.29) is 17.0 Å². The summed E-state index contributed by atoms with van der Waals surface area (Å²) >= 11 is 6.88. The van der Waals surface area contributed by atoms with Crippen molar-refractivity contribution >= 4 is 41.1 Å². The van der Waals surface area contributed by atoms with Gasteiger partial charge < -0.3 is 17.0 Å². The molecule has 0 rings (SSSR count). The van der Waals surface area contributed by atoms with Gasteiger partial charge in [-0.15, -0.1) is 0 Å². The molecule has 2 unspecified atom stereocenters. The minimum atomic E-state index is 0. The molecule has 0 aliphatic heterocycles. The SMILES string of the molecule is [Br-].[PH3+]CC(Br)CCBr. The highest BCUT2D eigenvalue weighted by Crippen LogP contribution is 2.08. The summed E-state index contributed by atoms with van der Waals surface area (Å²) in [5.74, 6) is 0. The summed E-state index contributed by atoms with van der Waals surface area (Å²) in [5, 5.41) is 1.11. The van der Waals surface area contributed by atoms with Crippen LogP contribution in [0.1, 0.15) is 6.42 Å². The number of rotatable bonds is 3. The first kappa shape index (κ1) is 12.5. The van der Waals surface area contributed by atoms with E-state index < -0.39 is 0 Å². The Bertz CT molecular complexity index is 42.3. The molecule has 0 aromatic rings. The maximum Gasteiger partial charge on any atom is 0.0651 e. The molecule has 0 saturated heterocycles. The van der Waals surface area contributed by atoms with Gasteiger partial charge in [-0.3, -0.25) is 0 Å². The van der Waals surface area contributed by atoms with Crippen molar-refractivity contribution in [1.29, 1.82) is 0 Å². The van der Waals surface area contributed by atoms with Gasteiger partial charge in [-0.25, -0.2) is 0 Å². The molecule has 0 aliphatic rings. The average Bonchev–Trinajstić information content (AvgIpc) is 1.68. The van der Waals surface area contributed by atoms with Crippen LogP contribution in [0.2, 0.25) is 0 Å². The normalized spacial score (nSPS) is 12.8. The van der Waals surface area contributed by atoms with E-state index in [1.165, 1.54) is 12.6 Å². The fourth-order valence-electron chi connectivity index (χ4n) is 0.263. The van der Waals surface area contributed by atoms with Crippen molar-refractivity contribution in [1.82, 2.24) is 0 Å². The van der Waals surface area contributed by atoms with Crippen LogP contribution in [-0.2, 0) is 0 Å². The van der Waals surface area contributed by atoms with Crippen molar-refractivity contribution in [3.63, 3.8) is 0 Å². The molecule has 0 aromatic carbocycles. The Labute approximate surface area is 80.4 Å². The molecule has 0 aliphatic carbocycles. The van der Waals surface area contributed by atoms with Crippen molar-refractivity contribution in [3.05, 3.63) is 0 Å². The molecule has 0 nitrogen and oxygen atoms in total. The Morgan fingerprint density at radius 1 is 1.50 bits per heavy atom. The highest BCUT2D eigenvalue weighted by molar-refractivity contribution is 9.10. The topological polar surface area (TPSA) is 0 Å². The molecule has 0 saturated carbocycles. The molecule has 0 bridgehead atoms. The van der Waals surface area contributed by atoms with Crippen LogP contribution in [0.25, 0.3) is 0 Å². The third-order valence-corrected chi connectivity index (χ3v) is 3.65. The minimum Gasteiger partial charge on any atom is -1.00 e. The van der Waals surface area contributed by atoms with E-state index in [1.807, 2.05) is 9.24 Å². The molecule has 0 heterocycles. The molecule has 4 heteroatoms. The standard InChI is InChI=1S/C4H9Br2P.BrH/c5-2-1-4(6)3-7;/h4H,1-3,7H2;1H. The van der Waals surface area contributed by atoms with E-state index in [0.29, 0.717) is 0 Å². The predicted octanol–water partition coefficient (Wildman–Crippen LogP) is -0.854. The quantitative estimate of drug-likeness (QED) is 0.467. The van der Waals surface area contributed by atoms with E-state index >= 15 is 0 Å². The van der Waals surface area contributed by atoms with Gasteiger partial charge in [0.15, 0.2) is 0 Å². The number of hydrogen-bond acceptors (Lipinski definition) is 0. The highest BCUT2D eigenvalue weighted by Gasteiger charge is 1.99. The summed E-state index contributed by atoms with van der Waals surface area (Å²) in [4.78, 5) is 0.727. The third kappa shape index (κ3) is 7.87. The zero-order valence-corrected chi connectivity index (χ0v) is 10.7. The van der Waals surface area contributed by atoms with Gasteiger partial charge in [0.25, 0.3) is 0 Å². The van der Waals surface area contributed by atoms with Crippen LogP contribution in [0.3, 0.4) is 0 Å². The average molecular weight is 329 g/mol. The largest absolute Gasteiger partial charge is 1.00 e. The van der Waals surface area contributed by atoms with Crippen molar-refractivity contribution in [2.24, 2.45) is 0 Å². The van der Waals surface area contributed by atoms with Gasteiger partial charge in [-0.05, 0) is 15.7 Å². The smallest absolute Gasteiger partial charge is 0.0651 e. The Morgan fingerprint density at radius 3 is 2.12 bits per heavy atom. The molecular formula is C4H10Br3P. The predicted molar refractivity (Wildman–Crippen MR) is 47.1 cm³/mol. The van der Waals surface area contributed by atoms with Crippen LogP contribution in [0.15, 0.2) is 0 Å². The lowest BCUT2D eigenvalue weighted by Gasteiger charge is -1.96. The van der Waals surface area contributed by atoms with Gasteiger partial charge in [-0.2, -0.15) is 0 Å². The van der Waals surface area contributed by atoms with Crippen LogP contribution >= 0.6 is 41.1 Å². The summed E-state index contributed by atoms with van der Waals surface area (Å²) < 4.78 is 0. The van der Waals surface area contributed by atoms with Crippen LogP contribution in [0, 0.1) is 0 Å². The lowest BCUT2D eigenvalue weighted by atomic mass is 10.4. The molecule has 0 aromatic heterocycles. The molecule has 0 radical (unpaired) electrons. The molecule has 0 N–H and O–H groups in total. The lowest BCUT2D eigenvalue weighted by molar-refractivity contribution is -0.00000119. The van der Waals surface area contributed by atoms with Crippen LogP contribution < -0.4 is 17.0 Å². The molecule has 2 atom stereocenters. The fourth-order valence-corrected chi connectivity index (χ4v) is 1.95. The lowest BCUT2D eigenvalue weighted by Crippen LogP contribution is -3.00. The Balaban J connectivity index is 0. The van der Waals surface area contributed by atoms with Gasteiger partial charge in [0.1, 0.15) is 0 Å². The summed E-state index contributed by atoms with van der Waals surface area (Å²) in [5.41, 5.74) is 0. The Hall–Kier alpha value is 1.87. The first-order valence-electron chi connectivity index (χ1n) is 2.30. The summed E-state index contributed by atoms with van der Waals surface area (Å²) in [6.07, 6.45) is 2.50. The summed E-state index contributed by atoms with van der Waals surface area (Å²) in [7, 11) is 2.01. The van der Waals surface area contributed by atoms with Crippen LogP contribution in [-0.4, -0.2) is 16.3 Å². The number of hydrogen-bond donors (Lipinski definition) is 0. The first-order valence-corrected chi connectivity index (χ1v) is 5.34. The molecular weight excluding hydrogens is 319 g/mol. The van der Waals surface area contributed by atoms with E-state index in [1.54, 1.807) is 0 Å². The fraction of sp³-hybridized carbons (Fsp3) is 1.00. The Kier molecular flexibility index (Phi) is 13.9. The maximum absolute atomic E-state index is 3.51. The molecule has 52 valence electrons. The van der Waals surface area contributed by atoms with Crippen molar-refractivity contribution in [3.8, 4) is 0 Å². The molecule has 0 spiro atoms. The molecule has 0 fully saturated rings. The highest BCUT2D eigenvalue weighted by atomic mass is 79.9. The zero-order valence-electron chi connectivity index (χ0n) is 4.54. The Morgan fingerprint density at radius 2 is 2.00 bits per heavy atom.